The van der Waals surface area contributed by atoms with Crippen molar-refractivity contribution >= 4 is 17.1 Å². The maximum Gasteiger partial charge on any atom is 0.131 e. The number of halogens is 2. The number of hydrogen-bond donors (Lipinski definition) is 0. The van der Waals surface area contributed by atoms with Gasteiger partial charge in [0.25, 0.3) is 0 Å². The lowest BCUT2D eigenvalue weighted by Crippen LogP contribution is -2.30. The summed E-state index contributed by atoms with van der Waals surface area (Å²) in [5.41, 5.74) is 6.54. The zero-order valence-corrected chi connectivity index (χ0v) is 16.9. The number of benzene rings is 4. The summed E-state index contributed by atoms with van der Waals surface area (Å²) in [6.07, 6.45) is 0. The van der Waals surface area contributed by atoms with Crippen LogP contribution < -0.4 is 4.90 Å². The van der Waals surface area contributed by atoms with Crippen molar-refractivity contribution in [3.8, 4) is 11.1 Å². The van der Waals surface area contributed by atoms with Crippen molar-refractivity contribution in [3.05, 3.63) is 114 Å². The van der Waals surface area contributed by atoms with E-state index in [0.717, 1.165) is 29.2 Å². The standard InChI is InChI=1S/C27H21F2N/c1-27(2)22-7-3-5-9-25(22)30(26-10-6-4-8-23(26)27)20-14-11-18(12-15-20)21-17-19(28)13-16-24(21)29/h3-17H,1-2H3. The van der Waals surface area contributed by atoms with Gasteiger partial charge in [-0.05, 0) is 59.2 Å². The van der Waals surface area contributed by atoms with Crippen molar-refractivity contribution in [2.45, 2.75) is 19.3 Å². The van der Waals surface area contributed by atoms with Gasteiger partial charge >= 0.3 is 0 Å². The van der Waals surface area contributed by atoms with E-state index in [4.69, 9.17) is 0 Å². The average Bonchev–Trinajstić information content (AvgIpc) is 2.76. The van der Waals surface area contributed by atoms with Crippen LogP contribution in [0.1, 0.15) is 25.0 Å². The smallest absolute Gasteiger partial charge is 0.131 e. The van der Waals surface area contributed by atoms with Gasteiger partial charge in [0.15, 0.2) is 0 Å². The molecule has 0 saturated heterocycles. The number of hydrogen-bond acceptors (Lipinski definition) is 1. The van der Waals surface area contributed by atoms with Crippen LogP contribution in [-0.2, 0) is 5.41 Å². The molecule has 0 spiro atoms. The highest BCUT2D eigenvalue weighted by Crippen LogP contribution is 2.51. The Hall–Kier alpha value is -3.46. The van der Waals surface area contributed by atoms with Crippen LogP contribution in [0.2, 0.25) is 0 Å². The van der Waals surface area contributed by atoms with Gasteiger partial charge in [-0.2, -0.15) is 0 Å². The first-order valence-corrected chi connectivity index (χ1v) is 10.0. The van der Waals surface area contributed by atoms with Gasteiger partial charge in [-0.3, -0.25) is 0 Å². The highest BCUT2D eigenvalue weighted by Gasteiger charge is 2.36. The molecular weight excluding hydrogens is 376 g/mol. The minimum Gasteiger partial charge on any atom is -0.310 e. The topological polar surface area (TPSA) is 3.24 Å². The summed E-state index contributed by atoms with van der Waals surface area (Å²) in [6.45, 7) is 4.50. The summed E-state index contributed by atoms with van der Waals surface area (Å²) in [6, 6.07) is 28.0. The predicted molar refractivity (Wildman–Crippen MR) is 119 cm³/mol. The fourth-order valence-electron chi connectivity index (χ4n) is 4.46. The molecule has 0 aliphatic carbocycles. The zero-order valence-electron chi connectivity index (χ0n) is 16.9. The van der Waals surface area contributed by atoms with Crippen molar-refractivity contribution in [2.75, 3.05) is 4.90 Å². The largest absolute Gasteiger partial charge is 0.310 e. The van der Waals surface area contributed by atoms with Gasteiger partial charge in [0.05, 0.1) is 11.4 Å². The second kappa shape index (κ2) is 6.81. The first kappa shape index (κ1) is 18.6. The third-order valence-corrected chi connectivity index (χ3v) is 6.00. The van der Waals surface area contributed by atoms with Crippen LogP contribution in [0.15, 0.2) is 91.0 Å². The first-order valence-electron chi connectivity index (χ1n) is 10.0. The molecule has 0 atom stereocenters. The molecule has 0 N–H and O–H groups in total. The molecule has 1 nitrogen and oxygen atoms in total. The van der Waals surface area contributed by atoms with Gasteiger partial charge < -0.3 is 4.90 Å². The van der Waals surface area contributed by atoms with Crippen molar-refractivity contribution in [2.24, 2.45) is 0 Å². The van der Waals surface area contributed by atoms with Crippen molar-refractivity contribution in [3.63, 3.8) is 0 Å². The number of rotatable bonds is 2. The van der Waals surface area contributed by atoms with Crippen molar-refractivity contribution in [1.29, 1.82) is 0 Å². The molecule has 1 aliphatic heterocycles. The minimum absolute atomic E-state index is 0.117. The van der Waals surface area contributed by atoms with E-state index in [-0.39, 0.29) is 11.0 Å². The van der Waals surface area contributed by atoms with E-state index in [1.807, 2.05) is 36.4 Å². The third-order valence-electron chi connectivity index (χ3n) is 6.00. The number of nitrogens with zero attached hydrogens (tertiary/aromatic N) is 1. The normalized spacial score (nSPS) is 14.2. The first-order chi connectivity index (χ1) is 14.5. The van der Waals surface area contributed by atoms with E-state index >= 15 is 0 Å². The molecule has 30 heavy (non-hydrogen) atoms. The van der Waals surface area contributed by atoms with E-state index in [1.165, 1.54) is 17.2 Å². The van der Waals surface area contributed by atoms with Crippen LogP contribution in [0, 0.1) is 11.6 Å². The molecule has 1 aliphatic rings. The Bertz CT molecular complexity index is 1190. The summed E-state index contributed by atoms with van der Waals surface area (Å²) in [5, 5.41) is 0. The second-order valence-corrected chi connectivity index (χ2v) is 8.17. The molecule has 0 saturated carbocycles. The Morgan fingerprint density at radius 1 is 0.667 bits per heavy atom. The van der Waals surface area contributed by atoms with E-state index in [0.29, 0.717) is 5.56 Å². The van der Waals surface area contributed by atoms with Crippen LogP contribution in [0.4, 0.5) is 25.8 Å². The van der Waals surface area contributed by atoms with Gasteiger partial charge in [-0.25, -0.2) is 8.78 Å². The van der Waals surface area contributed by atoms with Crippen LogP contribution in [-0.4, -0.2) is 0 Å². The molecule has 0 fully saturated rings. The van der Waals surface area contributed by atoms with Gasteiger partial charge in [-0.1, -0.05) is 62.4 Å². The molecule has 3 heteroatoms. The second-order valence-electron chi connectivity index (χ2n) is 8.17. The fourth-order valence-corrected chi connectivity index (χ4v) is 4.46. The van der Waals surface area contributed by atoms with E-state index in [1.54, 1.807) is 0 Å². The third kappa shape index (κ3) is 2.81. The quantitative estimate of drug-likeness (QED) is 0.334. The molecular formula is C27H21F2N. The molecule has 0 bridgehead atoms. The highest BCUT2D eigenvalue weighted by molar-refractivity contribution is 5.86. The van der Waals surface area contributed by atoms with Crippen LogP contribution in [0.5, 0.6) is 0 Å². The zero-order chi connectivity index (χ0) is 20.9. The Kier molecular flexibility index (Phi) is 4.21. The van der Waals surface area contributed by atoms with Crippen LogP contribution in [0.3, 0.4) is 0 Å². The Labute approximate surface area is 175 Å². The van der Waals surface area contributed by atoms with Crippen molar-refractivity contribution < 1.29 is 8.78 Å². The Morgan fingerprint density at radius 3 is 1.83 bits per heavy atom. The monoisotopic (exact) mass is 397 g/mol. The summed E-state index contributed by atoms with van der Waals surface area (Å²) in [4.78, 5) is 2.24. The summed E-state index contributed by atoms with van der Waals surface area (Å²) in [7, 11) is 0. The predicted octanol–water partition coefficient (Wildman–Crippen LogP) is 7.74. The molecule has 0 aromatic heterocycles. The van der Waals surface area contributed by atoms with Gasteiger partial charge in [0.1, 0.15) is 11.6 Å². The highest BCUT2D eigenvalue weighted by atomic mass is 19.1. The lowest BCUT2D eigenvalue weighted by molar-refractivity contribution is 0.603. The lowest BCUT2D eigenvalue weighted by Gasteiger charge is -2.42. The van der Waals surface area contributed by atoms with Crippen LogP contribution >= 0.6 is 0 Å². The number of fused-ring (bicyclic) bond motifs is 2. The average molecular weight is 397 g/mol. The fraction of sp³-hybridized carbons (Fsp3) is 0.111. The molecule has 0 amide bonds. The molecule has 4 aromatic carbocycles. The van der Waals surface area contributed by atoms with Crippen molar-refractivity contribution in [1.82, 2.24) is 0 Å². The summed E-state index contributed by atoms with van der Waals surface area (Å²) in [5.74, 6) is -0.879. The molecule has 5 rings (SSSR count). The number of anilines is 3. The molecule has 0 radical (unpaired) electrons. The molecule has 0 unspecified atom stereocenters. The van der Waals surface area contributed by atoms with Gasteiger partial charge in [-0.15, -0.1) is 0 Å². The van der Waals surface area contributed by atoms with E-state index in [9.17, 15) is 8.78 Å². The van der Waals surface area contributed by atoms with Crippen LogP contribution in [0.25, 0.3) is 11.1 Å². The van der Waals surface area contributed by atoms with E-state index < -0.39 is 11.6 Å². The Morgan fingerprint density at radius 2 is 1.23 bits per heavy atom. The maximum atomic E-state index is 14.2. The Balaban J connectivity index is 1.65. The van der Waals surface area contributed by atoms with E-state index in [2.05, 4.69) is 55.1 Å². The number of para-hydroxylation sites is 2. The molecule has 1 heterocycles. The summed E-state index contributed by atoms with van der Waals surface area (Å²) >= 11 is 0. The molecule has 148 valence electrons. The van der Waals surface area contributed by atoms with Gasteiger partial charge in [0, 0.05) is 16.7 Å². The van der Waals surface area contributed by atoms with Gasteiger partial charge in [0.2, 0.25) is 0 Å². The lowest BCUT2D eigenvalue weighted by atomic mass is 9.73. The SMILES string of the molecule is CC1(C)c2ccccc2N(c2ccc(-c3cc(F)ccc3F)cc2)c2ccccc21. The minimum atomic E-state index is -0.448. The maximum absolute atomic E-state index is 14.2. The summed E-state index contributed by atoms with van der Waals surface area (Å²) < 4.78 is 27.8. The molecule has 4 aromatic rings.